The average Bonchev–Trinajstić information content (AvgIpc) is 2.95. The molecule has 0 radical (unpaired) electrons. The van der Waals surface area contributed by atoms with Gasteiger partial charge in [-0.3, -0.25) is 4.79 Å². The quantitative estimate of drug-likeness (QED) is 0.808. The van der Waals surface area contributed by atoms with Crippen molar-refractivity contribution < 1.29 is 4.79 Å². The van der Waals surface area contributed by atoms with Gasteiger partial charge in [-0.25, -0.2) is 0 Å². The summed E-state index contributed by atoms with van der Waals surface area (Å²) in [5.74, 6) is 1.59. The van der Waals surface area contributed by atoms with E-state index in [0.29, 0.717) is 12.3 Å². The molecule has 0 aromatic heterocycles. The van der Waals surface area contributed by atoms with Crippen LogP contribution in [0.15, 0.2) is 24.3 Å². The van der Waals surface area contributed by atoms with E-state index in [1.54, 1.807) is 0 Å². The lowest BCUT2D eigenvalue weighted by atomic mass is 10.1. The van der Waals surface area contributed by atoms with E-state index in [1.807, 2.05) is 24.3 Å². The Labute approximate surface area is 108 Å². The highest BCUT2D eigenvalue weighted by Gasteiger charge is 2.32. The average molecular weight is 255 g/mol. The minimum absolute atomic E-state index is 0. The summed E-state index contributed by atoms with van der Waals surface area (Å²) in [5.41, 5.74) is 7.32. The molecule has 1 aliphatic rings. The first-order valence-corrected chi connectivity index (χ1v) is 5.76. The second-order valence-corrected chi connectivity index (χ2v) is 4.70. The first-order valence-electron chi connectivity index (χ1n) is 5.76. The minimum atomic E-state index is 0. The molecule has 2 rings (SSSR count). The Hall–Kier alpha value is -1.22. The number of rotatable bonds is 4. The zero-order valence-corrected chi connectivity index (χ0v) is 10.8. The molecule has 2 atom stereocenters. The lowest BCUT2D eigenvalue weighted by Gasteiger charge is -2.04. The van der Waals surface area contributed by atoms with Gasteiger partial charge in [0.25, 0.3) is 0 Å². The summed E-state index contributed by atoms with van der Waals surface area (Å²) >= 11 is 0. The van der Waals surface area contributed by atoms with Crippen molar-refractivity contribution in [3.63, 3.8) is 0 Å². The molecular weight excluding hydrogens is 236 g/mol. The number of halogens is 1. The highest BCUT2D eigenvalue weighted by atomic mass is 35.5. The maximum Gasteiger partial charge on any atom is 0.224 e. The third kappa shape index (κ3) is 4.27. The monoisotopic (exact) mass is 254 g/mol. The van der Waals surface area contributed by atoms with Gasteiger partial charge in [0, 0.05) is 12.2 Å². The lowest BCUT2D eigenvalue weighted by molar-refractivity contribution is -0.120. The van der Waals surface area contributed by atoms with E-state index in [1.165, 1.54) is 6.42 Å². The molecule has 1 fully saturated rings. The van der Waals surface area contributed by atoms with Crippen LogP contribution in [0.25, 0.3) is 0 Å². The van der Waals surface area contributed by atoms with Crippen LogP contribution in [0.2, 0.25) is 0 Å². The molecular formula is C13H19ClN2O. The van der Waals surface area contributed by atoms with Gasteiger partial charge in [-0.2, -0.15) is 0 Å². The summed E-state index contributed by atoms with van der Waals surface area (Å²) in [5, 5.41) is 2.97. The maximum atomic E-state index is 11.6. The smallest absolute Gasteiger partial charge is 0.224 e. The van der Waals surface area contributed by atoms with E-state index in [2.05, 4.69) is 12.2 Å². The maximum absolute atomic E-state index is 11.6. The fraction of sp³-hybridized carbons (Fsp3) is 0.462. The summed E-state index contributed by atoms with van der Waals surface area (Å²) in [4.78, 5) is 11.6. The number of hydrogen-bond donors (Lipinski definition) is 2. The molecule has 0 bridgehead atoms. The van der Waals surface area contributed by atoms with Crippen molar-refractivity contribution >= 4 is 24.0 Å². The molecule has 3 N–H and O–H groups in total. The fourth-order valence-electron chi connectivity index (χ4n) is 1.81. The largest absolute Gasteiger partial charge is 0.399 e. The third-order valence-electron chi connectivity index (χ3n) is 3.18. The number of hydrogen-bond acceptors (Lipinski definition) is 2. The number of anilines is 1. The summed E-state index contributed by atoms with van der Waals surface area (Å²) in [7, 11) is 0. The van der Waals surface area contributed by atoms with Crippen LogP contribution in [0.3, 0.4) is 0 Å². The Kier molecular flexibility index (Phi) is 4.82. The number of nitrogens with one attached hydrogen (secondary N) is 1. The summed E-state index contributed by atoms with van der Waals surface area (Å²) in [6.07, 6.45) is 1.70. The van der Waals surface area contributed by atoms with Crippen LogP contribution in [0, 0.1) is 11.8 Å². The van der Waals surface area contributed by atoms with E-state index in [9.17, 15) is 4.79 Å². The Morgan fingerprint density at radius 1 is 1.41 bits per heavy atom. The zero-order chi connectivity index (χ0) is 11.5. The van der Waals surface area contributed by atoms with E-state index in [-0.39, 0.29) is 18.3 Å². The molecule has 1 saturated carbocycles. The van der Waals surface area contributed by atoms with Crippen molar-refractivity contribution in [2.45, 2.75) is 19.8 Å². The van der Waals surface area contributed by atoms with E-state index < -0.39 is 0 Å². The molecule has 0 spiro atoms. The van der Waals surface area contributed by atoms with Crippen molar-refractivity contribution in [2.24, 2.45) is 11.8 Å². The standard InChI is InChI=1S/C13H18N2O.ClH/c1-9-6-11(9)8-15-13(16)7-10-2-4-12(14)5-3-10;/h2-5,9,11H,6-8,14H2,1H3,(H,15,16);1H. The van der Waals surface area contributed by atoms with Crippen molar-refractivity contribution in [1.29, 1.82) is 0 Å². The van der Waals surface area contributed by atoms with Crippen LogP contribution < -0.4 is 11.1 Å². The second-order valence-electron chi connectivity index (χ2n) is 4.70. The molecule has 1 aromatic rings. The van der Waals surface area contributed by atoms with Crippen molar-refractivity contribution in [3.05, 3.63) is 29.8 Å². The Morgan fingerprint density at radius 2 is 2.00 bits per heavy atom. The molecule has 0 aliphatic heterocycles. The lowest BCUT2D eigenvalue weighted by Crippen LogP contribution is -2.27. The highest BCUT2D eigenvalue weighted by molar-refractivity contribution is 5.85. The van der Waals surface area contributed by atoms with Crippen LogP contribution in [-0.2, 0) is 11.2 Å². The van der Waals surface area contributed by atoms with Crippen molar-refractivity contribution in [3.8, 4) is 0 Å². The molecule has 1 amide bonds. The summed E-state index contributed by atoms with van der Waals surface area (Å²) < 4.78 is 0. The van der Waals surface area contributed by atoms with E-state index in [0.717, 1.165) is 23.7 Å². The number of benzene rings is 1. The number of amides is 1. The molecule has 1 aromatic carbocycles. The number of carbonyl (C=O) groups excluding carboxylic acids is 1. The molecule has 3 nitrogen and oxygen atoms in total. The van der Waals surface area contributed by atoms with Crippen molar-refractivity contribution in [1.82, 2.24) is 5.32 Å². The molecule has 4 heteroatoms. The van der Waals surface area contributed by atoms with Gasteiger partial charge in [-0.15, -0.1) is 12.4 Å². The predicted molar refractivity (Wildman–Crippen MR) is 72.1 cm³/mol. The highest BCUT2D eigenvalue weighted by Crippen LogP contribution is 2.36. The van der Waals surface area contributed by atoms with Gasteiger partial charge >= 0.3 is 0 Å². The van der Waals surface area contributed by atoms with Gasteiger partial charge in [-0.05, 0) is 36.0 Å². The minimum Gasteiger partial charge on any atom is -0.399 e. The summed E-state index contributed by atoms with van der Waals surface area (Å²) in [6, 6.07) is 7.44. The van der Waals surface area contributed by atoms with Gasteiger partial charge in [-0.1, -0.05) is 19.1 Å². The third-order valence-corrected chi connectivity index (χ3v) is 3.18. The van der Waals surface area contributed by atoms with Gasteiger partial charge in [0.05, 0.1) is 6.42 Å². The Morgan fingerprint density at radius 3 is 2.53 bits per heavy atom. The van der Waals surface area contributed by atoms with Crippen LogP contribution in [0.4, 0.5) is 5.69 Å². The first kappa shape index (κ1) is 13.8. The Balaban J connectivity index is 0.00000144. The van der Waals surface area contributed by atoms with E-state index in [4.69, 9.17) is 5.73 Å². The molecule has 1 aliphatic carbocycles. The van der Waals surface area contributed by atoms with Crippen LogP contribution >= 0.6 is 12.4 Å². The van der Waals surface area contributed by atoms with Crippen LogP contribution in [0.5, 0.6) is 0 Å². The van der Waals surface area contributed by atoms with E-state index >= 15 is 0 Å². The summed E-state index contributed by atoms with van der Waals surface area (Å²) in [6.45, 7) is 3.05. The topological polar surface area (TPSA) is 55.1 Å². The normalized spacial score (nSPS) is 21.5. The van der Waals surface area contributed by atoms with Gasteiger partial charge in [0.15, 0.2) is 0 Å². The van der Waals surface area contributed by atoms with Gasteiger partial charge in [0.1, 0.15) is 0 Å². The number of nitrogen functional groups attached to an aromatic ring is 1. The molecule has 0 heterocycles. The zero-order valence-electron chi connectivity index (χ0n) is 9.98. The Bertz CT molecular complexity index is 378. The molecule has 94 valence electrons. The number of carbonyl (C=O) groups is 1. The second kappa shape index (κ2) is 5.92. The molecule has 0 saturated heterocycles. The van der Waals surface area contributed by atoms with Gasteiger partial charge < -0.3 is 11.1 Å². The molecule has 2 unspecified atom stereocenters. The predicted octanol–water partition coefficient (Wildman–Crippen LogP) is 2.01. The SMILES string of the molecule is CC1CC1CNC(=O)Cc1ccc(N)cc1.Cl. The van der Waals surface area contributed by atoms with Crippen LogP contribution in [-0.4, -0.2) is 12.5 Å². The van der Waals surface area contributed by atoms with Crippen molar-refractivity contribution in [2.75, 3.05) is 12.3 Å². The number of nitrogens with two attached hydrogens (primary N) is 1. The first-order chi connectivity index (χ1) is 7.65. The molecule has 17 heavy (non-hydrogen) atoms. The fourth-order valence-corrected chi connectivity index (χ4v) is 1.81. The van der Waals surface area contributed by atoms with Crippen LogP contribution in [0.1, 0.15) is 18.9 Å². The van der Waals surface area contributed by atoms with Gasteiger partial charge in [0.2, 0.25) is 5.91 Å².